The van der Waals surface area contributed by atoms with Gasteiger partial charge >= 0.3 is 12.1 Å². The van der Waals surface area contributed by atoms with Crippen LogP contribution in [0.25, 0.3) is 0 Å². The first kappa shape index (κ1) is 12.0. The first-order chi connectivity index (χ1) is 5.80. The predicted octanol–water partition coefficient (Wildman–Crippen LogP) is 1.19. The number of alkyl halides is 3. The molecule has 0 fully saturated rings. The van der Waals surface area contributed by atoms with E-state index in [2.05, 4.69) is 6.58 Å². The zero-order valence-corrected chi connectivity index (χ0v) is 6.58. The molecule has 2 unspecified atom stereocenters. The van der Waals surface area contributed by atoms with Crippen LogP contribution in [0.1, 0.15) is 6.42 Å². The van der Waals surface area contributed by atoms with Crippen molar-refractivity contribution in [1.82, 2.24) is 0 Å². The Morgan fingerprint density at radius 1 is 1.54 bits per heavy atom. The van der Waals surface area contributed by atoms with Crippen molar-refractivity contribution < 1.29 is 28.2 Å². The van der Waals surface area contributed by atoms with Crippen LogP contribution >= 0.6 is 0 Å². The molecule has 0 heterocycles. The topological polar surface area (TPSA) is 57.5 Å². The molecular weight excluding hydrogens is 189 g/mol. The fraction of sp³-hybridized carbons (Fsp3) is 0.571. The van der Waals surface area contributed by atoms with E-state index >= 15 is 0 Å². The van der Waals surface area contributed by atoms with Gasteiger partial charge in [-0.15, -0.1) is 6.58 Å². The van der Waals surface area contributed by atoms with Gasteiger partial charge in [-0.2, -0.15) is 13.2 Å². The Morgan fingerprint density at radius 3 is 2.23 bits per heavy atom. The highest BCUT2D eigenvalue weighted by Gasteiger charge is 2.45. The van der Waals surface area contributed by atoms with E-state index in [-0.39, 0.29) is 0 Å². The number of carbonyl (C=O) groups is 1. The van der Waals surface area contributed by atoms with E-state index in [4.69, 9.17) is 10.2 Å². The van der Waals surface area contributed by atoms with Crippen LogP contribution in [0.3, 0.4) is 0 Å². The van der Waals surface area contributed by atoms with Crippen LogP contribution in [0.5, 0.6) is 0 Å². The second-order valence-corrected chi connectivity index (χ2v) is 2.46. The SMILES string of the molecule is C=CCC(C(=O)O)C(O)C(F)(F)F. The average Bonchev–Trinajstić information content (AvgIpc) is 1.96. The van der Waals surface area contributed by atoms with Crippen molar-refractivity contribution in [3.63, 3.8) is 0 Å². The summed E-state index contributed by atoms with van der Waals surface area (Å²) in [5.74, 6) is -3.57. The number of carboxylic acid groups (broad SMARTS) is 1. The molecule has 0 aromatic rings. The normalized spacial score (nSPS) is 16.3. The van der Waals surface area contributed by atoms with Crippen molar-refractivity contribution in [3.05, 3.63) is 12.7 Å². The van der Waals surface area contributed by atoms with E-state index < -0.39 is 30.6 Å². The van der Waals surface area contributed by atoms with Crippen molar-refractivity contribution in [1.29, 1.82) is 0 Å². The van der Waals surface area contributed by atoms with Gasteiger partial charge in [-0.3, -0.25) is 4.79 Å². The predicted molar refractivity (Wildman–Crippen MR) is 38.0 cm³/mol. The van der Waals surface area contributed by atoms with E-state index in [1.165, 1.54) is 0 Å². The highest BCUT2D eigenvalue weighted by molar-refractivity contribution is 5.71. The second-order valence-electron chi connectivity index (χ2n) is 2.46. The minimum atomic E-state index is -4.91. The van der Waals surface area contributed by atoms with Crippen LogP contribution in [-0.2, 0) is 4.79 Å². The second kappa shape index (κ2) is 4.27. The van der Waals surface area contributed by atoms with Crippen molar-refractivity contribution in [2.24, 2.45) is 5.92 Å². The number of hydrogen-bond acceptors (Lipinski definition) is 2. The summed E-state index contributed by atoms with van der Waals surface area (Å²) in [6, 6.07) is 0. The van der Waals surface area contributed by atoms with E-state index in [1.807, 2.05) is 0 Å². The Hall–Kier alpha value is -1.04. The number of hydrogen-bond donors (Lipinski definition) is 2. The Labute approximate surface area is 72.5 Å². The van der Waals surface area contributed by atoms with Crippen molar-refractivity contribution >= 4 is 5.97 Å². The third-order valence-corrected chi connectivity index (χ3v) is 1.45. The molecule has 0 rings (SSSR count). The van der Waals surface area contributed by atoms with Gasteiger partial charge in [0, 0.05) is 0 Å². The summed E-state index contributed by atoms with van der Waals surface area (Å²) in [7, 11) is 0. The van der Waals surface area contributed by atoms with Crippen LogP contribution < -0.4 is 0 Å². The van der Waals surface area contributed by atoms with E-state index in [0.717, 1.165) is 6.08 Å². The number of allylic oxidation sites excluding steroid dienone is 1. The van der Waals surface area contributed by atoms with Crippen LogP contribution in [0.2, 0.25) is 0 Å². The summed E-state index contributed by atoms with van der Waals surface area (Å²) in [6.45, 7) is 3.11. The third-order valence-electron chi connectivity index (χ3n) is 1.45. The lowest BCUT2D eigenvalue weighted by Crippen LogP contribution is -2.39. The third kappa shape index (κ3) is 3.45. The lowest BCUT2D eigenvalue weighted by Gasteiger charge is -2.20. The standard InChI is InChI=1S/C7H9F3O3/c1-2-3-4(6(12)13)5(11)7(8,9)10/h2,4-5,11H,1,3H2,(H,12,13). The molecule has 0 spiro atoms. The zero-order chi connectivity index (χ0) is 10.6. The van der Waals surface area contributed by atoms with Crippen molar-refractivity contribution in [3.8, 4) is 0 Å². The van der Waals surface area contributed by atoms with E-state index in [1.54, 1.807) is 0 Å². The first-order valence-corrected chi connectivity index (χ1v) is 3.39. The highest BCUT2D eigenvalue weighted by Crippen LogP contribution is 2.27. The maximum Gasteiger partial charge on any atom is 0.415 e. The van der Waals surface area contributed by atoms with Crippen LogP contribution in [0.4, 0.5) is 13.2 Å². The van der Waals surface area contributed by atoms with Gasteiger partial charge in [0.1, 0.15) is 0 Å². The molecule has 0 bridgehead atoms. The minimum Gasteiger partial charge on any atom is -0.481 e. The quantitative estimate of drug-likeness (QED) is 0.667. The molecular formula is C7H9F3O3. The van der Waals surface area contributed by atoms with Crippen molar-refractivity contribution in [2.75, 3.05) is 0 Å². The number of carboxylic acids is 1. The summed E-state index contributed by atoms with van der Waals surface area (Å²) < 4.78 is 35.5. The number of aliphatic hydroxyl groups is 1. The molecule has 13 heavy (non-hydrogen) atoms. The van der Waals surface area contributed by atoms with Gasteiger partial charge in [-0.25, -0.2) is 0 Å². The van der Waals surface area contributed by atoms with Gasteiger partial charge in [0.05, 0.1) is 5.92 Å². The molecule has 6 heteroatoms. The van der Waals surface area contributed by atoms with Gasteiger partial charge in [0.2, 0.25) is 0 Å². The maximum atomic E-state index is 11.8. The lowest BCUT2D eigenvalue weighted by atomic mass is 9.98. The van der Waals surface area contributed by atoms with E-state index in [9.17, 15) is 18.0 Å². The first-order valence-electron chi connectivity index (χ1n) is 3.39. The molecule has 0 amide bonds. The number of aliphatic hydroxyl groups excluding tert-OH is 1. The molecule has 0 aromatic heterocycles. The van der Waals surface area contributed by atoms with Crippen molar-refractivity contribution in [2.45, 2.75) is 18.7 Å². The van der Waals surface area contributed by atoms with Gasteiger partial charge in [-0.1, -0.05) is 6.08 Å². The van der Waals surface area contributed by atoms with E-state index in [0.29, 0.717) is 0 Å². The van der Waals surface area contributed by atoms with Gasteiger partial charge in [0.15, 0.2) is 6.10 Å². The molecule has 0 aromatic carbocycles. The molecule has 0 radical (unpaired) electrons. The average molecular weight is 198 g/mol. The number of halogens is 3. The van der Waals surface area contributed by atoms with Crippen LogP contribution in [-0.4, -0.2) is 28.5 Å². The Bertz CT molecular complexity index is 200. The summed E-state index contributed by atoms with van der Waals surface area (Å²) in [6.07, 6.45) is -7.15. The molecule has 3 nitrogen and oxygen atoms in total. The maximum absolute atomic E-state index is 11.8. The highest BCUT2D eigenvalue weighted by atomic mass is 19.4. The Kier molecular flexibility index (Phi) is 3.93. The number of aliphatic carboxylic acids is 1. The lowest BCUT2D eigenvalue weighted by molar-refractivity contribution is -0.222. The van der Waals surface area contributed by atoms with Gasteiger partial charge < -0.3 is 10.2 Å². The Morgan fingerprint density at radius 2 is 2.00 bits per heavy atom. The monoisotopic (exact) mass is 198 g/mol. The smallest absolute Gasteiger partial charge is 0.415 e. The summed E-state index contributed by atoms with van der Waals surface area (Å²) in [5, 5.41) is 16.9. The van der Waals surface area contributed by atoms with Gasteiger partial charge in [0.25, 0.3) is 0 Å². The molecule has 76 valence electrons. The van der Waals surface area contributed by atoms with Crippen LogP contribution in [0, 0.1) is 5.92 Å². The fourth-order valence-electron chi connectivity index (χ4n) is 0.772. The molecule has 2 atom stereocenters. The summed E-state index contributed by atoms with van der Waals surface area (Å²) in [4.78, 5) is 10.3. The molecule has 0 saturated heterocycles. The van der Waals surface area contributed by atoms with Gasteiger partial charge in [-0.05, 0) is 6.42 Å². The molecule has 0 aliphatic heterocycles. The molecule has 2 N–H and O–H groups in total. The molecule has 0 aliphatic rings. The molecule has 0 aliphatic carbocycles. The Balaban J connectivity index is 4.55. The van der Waals surface area contributed by atoms with Crippen LogP contribution in [0.15, 0.2) is 12.7 Å². The zero-order valence-electron chi connectivity index (χ0n) is 6.58. The summed E-state index contributed by atoms with van der Waals surface area (Å²) >= 11 is 0. The fourth-order valence-corrected chi connectivity index (χ4v) is 0.772. The largest absolute Gasteiger partial charge is 0.481 e. The number of rotatable bonds is 4. The minimum absolute atomic E-state index is 0.421. The summed E-state index contributed by atoms with van der Waals surface area (Å²) in [5.41, 5.74) is 0. The molecule has 0 saturated carbocycles.